The van der Waals surface area contributed by atoms with E-state index in [2.05, 4.69) is 199 Å². The third kappa shape index (κ3) is 5.94. The van der Waals surface area contributed by atoms with E-state index in [1.165, 1.54) is 49.9 Å². The van der Waals surface area contributed by atoms with Crippen LogP contribution in [0.25, 0.3) is 38.3 Å². The maximum atomic E-state index is 6.52. The van der Waals surface area contributed by atoms with E-state index in [0.717, 1.165) is 46.2 Å². The molecule has 0 radical (unpaired) electrons. The van der Waals surface area contributed by atoms with Crippen molar-refractivity contribution in [1.29, 1.82) is 0 Å². The van der Waals surface area contributed by atoms with Crippen molar-refractivity contribution in [3.8, 4) is 0 Å². The summed E-state index contributed by atoms with van der Waals surface area (Å²) in [5.41, 5.74) is 13.3. The van der Waals surface area contributed by atoms with E-state index in [-0.39, 0.29) is 22.2 Å². The number of hydrogen-bond acceptors (Lipinski definition) is 2. The number of fused-ring (bicyclic) bond motifs is 5. The fourth-order valence-electron chi connectivity index (χ4n) is 9.28. The third-order valence-electron chi connectivity index (χ3n) is 12.4. The fourth-order valence-corrected chi connectivity index (χ4v) is 9.28. The molecule has 0 aliphatic heterocycles. The number of furan rings is 1. The van der Waals surface area contributed by atoms with Crippen molar-refractivity contribution < 1.29 is 4.42 Å². The molecule has 2 unspecified atom stereocenters. The Morgan fingerprint density at radius 1 is 0.636 bits per heavy atom. The van der Waals surface area contributed by atoms with Gasteiger partial charge in [-0.2, -0.15) is 0 Å². The first kappa shape index (κ1) is 35.1. The van der Waals surface area contributed by atoms with Gasteiger partial charge in [-0.3, -0.25) is 0 Å². The molecule has 2 atom stereocenters. The van der Waals surface area contributed by atoms with Crippen LogP contribution in [-0.2, 0) is 10.8 Å². The highest BCUT2D eigenvalue weighted by Crippen LogP contribution is 2.59. The Hall–Kier alpha value is -5.60. The molecule has 1 heterocycles. The molecule has 0 amide bonds. The van der Waals surface area contributed by atoms with E-state index >= 15 is 0 Å². The quantitative estimate of drug-likeness (QED) is 0.176. The highest BCUT2D eigenvalue weighted by molar-refractivity contribution is 6.07. The number of hydrogen-bond donors (Lipinski definition) is 0. The summed E-state index contributed by atoms with van der Waals surface area (Å²) in [5.74, 6) is 0.226. The molecule has 0 bridgehead atoms. The molecule has 55 heavy (non-hydrogen) atoms. The van der Waals surface area contributed by atoms with E-state index in [1.54, 1.807) is 0 Å². The molecule has 1 aromatic heterocycles. The first-order valence-corrected chi connectivity index (χ1v) is 20.0. The summed E-state index contributed by atoms with van der Waals surface area (Å²) in [6.45, 7) is 16.5. The first-order chi connectivity index (χ1) is 26.4. The lowest BCUT2D eigenvalue weighted by Crippen LogP contribution is -2.34. The van der Waals surface area contributed by atoms with Gasteiger partial charge in [0.2, 0.25) is 0 Å². The predicted octanol–water partition coefficient (Wildman–Crippen LogP) is 15.3. The van der Waals surface area contributed by atoms with Gasteiger partial charge in [0.1, 0.15) is 11.2 Å². The maximum absolute atomic E-state index is 6.52. The smallest absolute Gasteiger partial charge is 0.137 e. The fraction of sp³-hybridized carbons (Fsp3) is 0.245. The van der Waals surface area contributed by atoms with Crippen molar-refractivity contribution in [2.45, 2.75) is 78.1 Å². The minimum absolute atomic E-state index is 0.0269. The molecule has 0 saturated carbocycles. The molecule has 7 aromatic rings. The average Bonchev–Trinajstić information content (AvgIpc) is 3.55. The number of rotatable bonds is 5. The van der Waals surface area contributed by atoms with Crippen LogP contribution in [0.15, 0.2) is 162 Å². The van der Waals surface area contributed by atoms with Crippen molar-refractivity contribution in [1.82, 2.24) is 0 Å². The SMILES string of the molecule is CC(C)(C)c1cc(C2=CC=CC3=CCCC(c4ccccc4N(c4ccc5c(c4)oc4ccccc45)c4cccc5ccccc45)C32C)cc(C(C)(C)C)c1. The van der Waals surface area contributed by atoms with Crippen molar-refractivity contribution in [2.75, 3.05) is 4.90 Å². The molecule has 2 heteroatoms. The van der Waals surface area contributed by atoms with Gasteiger partial charge in [-0.15, -0.1) is 0 Å². The molecule has 2 nitrogen and oxygen atoms in total. The highest BCUT2D eigenvalue weighted by Gasteiger charge is 2.45. The predicted molar refractivity (Wildman–Crippen MR) is 235 cm³/mol. The summed E-state index contributed by atoms with van der Waals surface area (Å²) in [6, 6.07) is 47.1. The molecule has 0 N–H and O–H groups in total. The van der Waals surface area contributed by atoms with E-state index in [9.17, 15) is 0 Å². The van der Waals surface area contributed by atoms with Crippen LogP contribution in [0.4, 0.5) is 17.1 Å². The minimum atomic E-state index is -0.248. The molecule has 9 rings (SSSR count). The van der Waals surface area contributed by atoms with E-state index in [0.29, 0.717) is 0 Å². The Morgan fingerprint density at radius 2 is 1.29 bits per heavy atom. The number of benzene rings is 6. The first-order valence-electron chi connectivity index (χ1n) is 20.0. The Bertz CT molecular complexity index is 2670. The Morgan fingerprint density at radius 3 is 2.07 bits per heavy atom. The summed E-state index contributed by atoms with van der Waals surface area (Å²) >= 11 is 0. The second-order valence-electron chi connectivity index (χ2n) is 17.9. The van der Waals surface area contributed by atoms with Crippen molar-refractivity contribution in [2.24, 2.45) is 5.41 Å². The number of allylic oxidation sites excluding steroid dienone is 6. The van der Waals surface area contributed by atoms with Gasteiger partial charge in [0.05, 0.1) is 5.69 Å². The zero-order valence-corrected chi connectivity index (χ0v) is 33.3. The zero-order chi connectivity index (χ0) is 38.1. The zero-order valence-electron chi connectivity index (χ0n) is 33.3. The van der Waals surface area contributed by atoms with Gasteiger partial charge in [0, 0.05) is 39.0 Å². The van der Waals surface area contributed by atoms with Crippen LogP contribution in [-0.4, -0.2) is 0 Å². The van der Waals surface area contributed by atoms with E-state index < -0.39 is 0 Å². The van der Waals surface area contributed by atoms with Crippen LogP contribution >= 0.6 is 0 Å². The topological polar surface area (TPSA) is 16.4 Å². The Kier molecular flexibility index (Phi) is 8.31. The molecular weight excluding hydrogens is 667 g/mol. The lowest BCUT2D eigenvalue weighted by atomic mass is 9.57. The van der Waals surface area contributed by atoms with Gasteiger partial charge in [0.15, 0.2) is 0 Å². The van der Waals surface area contributed by atoms with Crippen molar-refractivity contribution >= 4 is 55.3 Å². The van der Waals surface area contributed by atoms with Crippen molar-refractivity contribution in [3.63, 3.8) is 0 Å². The largest absolute Gasteiger partial charge is 0.456 e. The molecule has 6 aromatic carbocycles. The van der Waals surface area contributed by atoms with Gasteiger partial charge in [-0.25, -0.2) is 0 Å². The van der Waals surface area contributed by atoms with Gasteiger partial charge in [0.25, 0.3) is 0 Å². The average molecular weight is 718 g/mol. The summed E-state index contributed by atoms with van der Waals surface area (Å²) < 4.78 is 6.52. The number of nitrogens with zero attached hydrogens (tertiary/aromatic N) is 1. The summed E-state index contributed by atoms with van der Waals surface area (Å²) in [5, 5.41) is 4.72. The lowest BCUT2D eigenvalue weighted by Gasteiger charge is -2.47. The summed E-state index contributed by atoms with van der Waals surface area (Å²) in [6.07, 6.45) is 11.6. The monoisotopic (exact) mass is 717 g/mol. The minimum Gasteiger partial charge on any atom is -0.456 e. The molecule has 274 valence electrons. The molecule has 2 aliphatic carbocycles. The van der Waals surface area contributed by atoms with Crippen LogP contribution in [0.2, 0.25) is 0 Å². The number of para-hydroxylation sites is 2. The Balaban J connectivity index is 1.26. The second-order valence-corrected chi connectivity index (χ2v) is 17.9. The van der Waals surface area contributed by atoms with Crippen molar-refractivity contribution in [3.05, 3.63) is 180 Å². The van der Waals surface area contributed by atoms with Crippen LogP contribution in [0.1, 0.15) is 89.5 Å². The third-order valence-corrected chi connectivity index (χ3v) is 12.4. The molecule has 0 fully saturated rings. The normalized spacial score (nSPS) is 18.7. The Labute approximate surface area is 326 Å². The van der Waals surface area contributed by atoms with Gasteiger partial charge in [-0.05, 0) is 98.7 Å². The number of anilines is 3. The second kappa shape index (κ2) is 13.0. The van der Waals surface area contributed by atoms with E-state index in [4.69, 9.17) is 4.42 Å². The lowest BCUT2D eigenvalue weighted by molar-refractivity contribution is 0.381. The van der Waals surface area contributed by atoms with Gasteiger partial charge < -0.3 is 9.32 Å². The van der Waals surface area contributed by atoms with Crippen LogP contribution in [0, 0.1) is 5.41 Å². The standard InChI is InChI=1S/C53H51NO/c1-51(2,3)38-31-36(32-39(33-38)52(4,5)6)45-24-15-19-37-20-16-25-46(53(37,45)7)44-23-10-12-26-48(44)54(47-27-14-18-35-17-8-9-21-41(35)47)40-29-30-43-42-22-11-13-28-49(42)55-50(43)34-40/h8-15,17-24,26-34,46H,16,25H2,1-7H3. The molecule has 2 aliphatic rings. The molecule has 0 spiro atoms. The maximum Gasteiger partial charge on any atom is 0.137 e. The van der Waals surface area contributed by atoms with Crippen LogP contribution in [0.5, 0.6) is 0 Å². The summed E-state index contributed by atoms with van der Waals surface area (Å²) in [7, 11) is 0. The van der Waals surface area contributed by atoms with Crippen LogP contribution < -0.4 is 4.90 Å². The van der Waals surface area contributed by atoms with Gasteiger partial charge >= 0.3 is 0 Å². The van der Waals surface area contributed by atoms with E-state index in [1.807, 2.05) is 6.07 Å². The molecule has 0 saturated heterocycles. The van der Waals surface area contributed by atoms with Gasteiger partial charge in [-0.1, -0.05) is 164 Å². The highest BCUT2D eigenvalue weighted by atomic mass is 16.3. The van der Waals surface area contributed by atoms with Crippen LogP contribution in [0.3, 0.4) is 0 Å². The summed E-state index contributed by atoms with van der Waals surface area (Å²) in [4.78, 5) is 2.49. The molecular formula is C53H51NO.